The number of rotatable bonds is 3. The van der Waals surface area contributed by atoms with Crippen molar-refractivity contribution in [2.45, 2.75) is 6.92 Å². The molecular weight excluding hydrogens is 324 g/mol. The maximum absolute atomic E-state index is 10.9. The highest BCUT2D eigenvalue weighted by atomic mass is 32.1. The Labute approximate surface area is 143 Å². The second-order valence-electron chi connectivity index (χ2n) is 5.36. The number of aryl methyl sites for hydroxylation is 1. The summed E-state index contributed by atoms with van der Waals surface area (Å²) in [5.41, 5.74) is 4.08. The van der Waals surface area contributed by atoms with E-state index in [9.17, 15) is 10.5 Å². The van der Waals surface area contributed by atoms with Crippen LogP contribution < -0.4 is 5.23 Å². The van der Waals surface area contributed by atoms with Crippen molar-refractivity contribution in [1.29, 1.82) is 5.26 Å². The average molecular weight is 338 g/mol. The number of benzene rings is 2. The fourth-order valence-electron chi connectivity index (χ4n) is 2.46. The zero-order valence-corrected chi connectivity index (χ0v) is 13.6. The standard InChI is InChI=1S/C17H14N4O2S/c1-11-2-7-16-15(8-11)19-17(24)20(16)10-13(9-18)12-3-5-14(6-4-12)21(22)23/h2-8,10,21-22H,1H3,(H,19,24)/b13-10+. The Kier molecular flexibility index (Phi) is 4.29. The Morgan fingerprint density at radius 2 is 2.04 bits per heavy atom. The fourth-order valence-corrected chi connectivity index (χ4v) is 2.72. The SMILES string of the molecule is Cc1ccc2c(c1)[nH]c(=S)n2/C=C(\C#N)c1ccc([NH+]([O-])O)cc1. The fraction of sp³-hybridized carbons (Fsp3) is 0.0588. The molecule has 0 aliphatic rings. The van der Waals surface area contributed by atoms with E-state index in [2.05, 4.69) is 11.1 Å². The van der Waals surface area contributed by atoms with Crippen LogP contribution in [0.1, 0.15) is 11.1 Å². The molecule has 0 saturated carbocycles. The van der Waals surface area contributed by atoms with Crippen molar-refractivity contribution in [1.82, 2.24) is 9.55 Å². The maximum Gasteiger partial charge on any atom is 0.182 e. The normalized spacial score (nSPS) is 13.0. The number of imidazole rings is 1. The molecule has 120 valence electrons. The largest absolute Gasteiger partial charge is 0.595 e. The topological polar surface area (TPSA) is 92.2 Å². The Morgan fingerprint density at radius 3 is 2.67 bits per heavy atom. The highest BCUT2D eigenvalue weighted by molar-refractivity contribution is 7.71. The van der Waals surface area contributed by atoms with Gasteiger partial charge in [0.05, 0.1) is 16.6 Å². The van der Waals surface area contributed by atoms with Gasteiger partial charge in [0.1, 0.15) is 6.07 Å². The molecule has 0 spiro atoms. The minimum Gasteiger partial charge on any atom is -0.595 e. The summed E-state index contributed by atoms with van der Waals surface area (Å²) in [6.45, 7) is 1.99. The summed E-state index contributed by atoms with van der Waals surface area (Å²) in [7, 11) is 0. The Bertz CT molecular complexity index is 1020. The summed E-state index contributed by atoms with van der Waals surface area (Å²) in [6.07, 6.45) is 1.66. The molecule has 3 aromatic rings. The maximum atomic E-state index is 10.9. The smallest absolute Gasteiger partial charge is 0.182 e. The number of hydrogen-bond acceptors (Lipinski definition) is 4. The summed E-state index contributed by atoms with van der Waals surface area (Å²) < 4.78 is 2.24. The Balaban J connectivity index is 2.10. The van der Waals surface area contributed by atoms with Crippen LogP contribution in [0.4, 0.5) is 5.69 Å². The first-order chi connectivity index (χ1) is 11.5. The van der Waals surface area contributed by atoms with E-state index in [-0.39, 0.29) is 5.69 Å². The number of nitrogens with one attached hydrogen (secondary N) is 2. The number of allylic oxidation sites excluding steroid dienone is 1. The first-order valence-corrected chi connectivity index (χ1v) is 7.57. The minimum atomic E-state index is -1.00. The third-order valence-electron chi connectivity index (χ3n) is 3.69. The van der Waals surface area contributed by atoms with Gasteiger partial charge in [0.25, 0.3) is 0 Å². The molecule has 0 saturated heterocycles. The van der Waals surface area contributed by atoms with E-state index in [4.69, 9.17) is 17.4 Å². The molecule has 0 fully saturated rings. The van der Waals surface area contributed by atoms with E-state index in [1.165, 1.54) is 12.1 Å². The predicted octanol–water partition coefficient (Wildman–Crippen LogP) is 2.93. The van der Waals surface area contributed by atoms with Gasteiger partial charge in [0.15, 0.2) is 10.5 Å². The molecule has 7 heteroatoms. The summed E-state index contributed by atoms with van der Waals surface area (Å²) in [6, 6.07) is 14.2. The lowest BCUT2D eigenvalue weighted by Crippen LogP contribution is -2.99. The van der Waals surface area contributed by atoms with Crippen molar-refractivity contribution >= 4 is 40.7 Å². The summed E-state index contributed by atoms with van der Waals surface area (Å²) >= 11 is 5.34. The van der Waals surface area contributed by atoms with E-state index >= 15 is 0 Å². The molecule has 0 amide bonds. The lowest BCUT2D eigenvalue weighted by atomic mass is 10.1. The third kappa shape index (κ3) is 2.99. The van der Waals surface area contributed by atoms with Crippen molar-refractivity contribution in [3.63, 3.8) is 0 Å². The molecule has 2 aromatic carbocycles. The predicted molar refractivity (Wildman–Crippen MR) is 93.9 cm³/mol. The van der Waals surface area contributed by atoms with Crippen LogP contribution in [0.15, 0.2) is 42.5 Å². The quantitative estimate of drug-likeness (QED) is 0.389. The molecule has 6 nitrogen and oxygen atoms in total. The van der Waals surface area contributed by atoms with E-state index in [1.807, 2.05) is 25.1 Å². The van der Waals surface area contributed by atoms with Gasteiger partial charge in [-0.1, -0.05) is 6.07 Å². The van der Waals surface area contributed by atoms with Gasteiger partial charge in [-0.2, -0.15) is 10.5 Å². The molecule has 3 N–H and O–H groups in total. The molecule has 1 aromatic heterocycles. The molecular formula is C17H14N4O2S. The number of fused-ring (bicyclic) bond motifs is 1. The number of nitriles is 1. The molecule has 1 atom stereocenters. The molecule has 0 aliphatic heterocycles. The highest BCUT2D eigenvalue weighted by Crippen LogP contribution is 2.21. The molecule has 1 heterocycles. The summed E-state index contributed by atoms with van der Waals surface area (Å²) in [4.78, 5) is 3.12. The van der Waals surface area contributed by atoms with Crippen molar-refractivity contribution in [2.24, 2.45) is 0 Å². The Morgan fingerprint density at radius 1 is 1.33 bits per heavy atom. The van der Waals surface area contributed by atoms with E-state index < -0.39 is 5.23 Å². The van der Waals surface area contributed by atoms with Crippen LogP contribution in [0.5, 0.6) is 0 Å². The van der Waals surface area contributed by atoms with Crippen LogP contribution in [0.25, 0.3) is 22.8 Å². The molecule has 1 unspecified atom stereocenters. The van der Waals surface area contributed by atoms with Crippen molar-refractivity contribution in [3.05, 3.63) is 63.6 Å². The second-order valence-corrected chi connectivity index (χ2v) is 5.74. The molecule has 0 bridgehead atoms. The number of aromatic amines is 1. The van der Waals surface area contributed by atoms with Gasteiger partial charge >= 0.3 is 0 Å². The number of nitrogens with zero attached hydrogens (tertiary/aromatic N) is 2. The number of aromatic nitrogens is 2. The van der Waals surface area contributed by atoms with Crippen molar-refractivity contribution < 1.29 is 10.4 Å². The van der Waals surface area contributed by atoms with E-state index in [1.54, 1.807) is 22.9 Å². The van der Waals surface area contributed by atoms with Crippen molar-refractivity contribution in [3.8, 4) is 6.07 Å². The molecule has 3 rings (SSSR count). The second kappa shape index (κ2) is 6.39. The minimum absolute atomic E-state index is 0.176. The lowest BCUT2D eigenvalue weighted by Gasteiger charge is -2.11. The number of H-pyrrole nitrogens is 1. The summed E-state index contributed by atoms with van der Waals surface area (Å²) in [5, 5.41) is 28.3. The van der Waals surface area contributed by atoms with Crippen LogP contribution in [-0.4, -0.2) is 14.8 Å². The van der Waals surface area contributed by atoms with Crippen LogP contribution in [0.2, 0.25) is 0 Å². The summed E-state index contributed by atoms with van der Waals surface area (Å²) in [5.74, 6) is 0. The van der Waals surface area contributed by atoms with Gasteiger partial charge in [0.2, 0.25) is 0 Å². The van der Waals surface area contributed by atoms with Crippen LogP contribution in [0.3, 0.4) is 0 Å². The third-order valence-corrected chi connectivity index (χ3v) is 3.99. The molecule has 0 radical (unpaired) electrons. The zero-order chi connectivity index (χ0) is 17.3. The van der Waals surface area contributed by atoms with Gasteiger partial charge in [0, 0.05) is 18.3 Å². The van der Waals surface area contributed by atoms with Crippen LogP contribution in [0, 0.1) is 28.2 Å². The lowest BCUT2D eigenvalue weighted by molar-refractivity contribution is -0.991. The van der Waals surface area contributed by atoms with Gasteiger partial charge in [-0.05, 0) is 54.5 Å². The Hall–Kier alpha value is -2.76. The van der Waals surface area contributed by atoms with Gasteiger partial charge < -0.3 is 10.2 Å². The average Bonchev–Trinajstić information content (AvgIpc) is 2.87. The van der Waals surface area contributed by atoms with E-state index in [0.29, 0.717) is 15.9 Å². The van der Waals surface area contributed by atoms with E-state index in [0.717, 1.165) is 16.6 Å². The van der Waals surface area contributed by atoms with Crippen molar-refractivity contribution in [2.75, 3.05) is 0 Å². The first kappa shape index (κ1) is 16.1. The highest BCUT2D eigenvalue weighted by Gasteiger charge is 2.07. The number of quaternary nitrogens is 1. The van der Waals surface area contributed by atoms with Gasteiger partial charge in [-0.25, -0.2) is 5.21 Å². The molecule has 0 aliphatic carbocycles. The van der Waals surface area contributed by atoms with Crippen LogP contribution in [-0.2, 0) is 0 Å². The van der Waals surface area contributed by atoms with Crippen LogP contribution >= 0.6 is 12.2 Å². The van der Waals surface area contributed by atoms with Gasteiger partial charge in [-0.3, -0.25) is 4.57 Å². The number of hydrogen-bond donors (Lipinski definition) is 3. The first-order valence-electron chi connectivity index (χ1n) is 7.16. The van der Waals surface area contributed by atoms with Gasteiger partial charge in [-0.15, -0.1) is 0 Å². The molecule has 24 heavy (non-hydrogen) atoms. The zero-order valence-electron chi connectivity index (χ0n) is 12.8. The monoisotopic (exact) mass is 338 g/mol.